The number of thiocarbonyl (C=S) groups is 1. The number of rotatable bonds is 4. The maximum Gasteiger partial charge on any atom is 0.227 e. The lowest BCUT2D eigenvalue weighted by atomic mass is 10.1. The molecule has 0 aliphatic carbocycles. The van der Waals surface area contributed by atoms with Crippen LogP contribution in [0.25, 0.3) is 0 Å². The van der Waals surface area contributed by atoms with E-state index in [2.05, 4.69) is 5.32 Å². The van der Waals surface area contributed by atoms with Crippen LogP contribution < -0.4 is 11.1 Å². The zero-order chi connectivity index (χ0) is 12.1. The van der Waals surface area contributed by atoms with Gasteiger partial charge in [0.25, 0.3) is 0 Å². The first kappa shape index (κ1) is 12.6. The topological polar surface area (TPSA) is 55.1 Å². The zero-order valence-corrected chi connectivity index (χ0v) is 10.3. The molecule has 0 saturated heterocycles. The van der Waals surface area contributed by atoms with Crippen molar-refractivity contribution in [1.82, 2.24) is 0 Å². The Morgan fingerprint density at radius 1 is 1.44 bits per heavy atom. The number of nitrogens with two attached hydrogens (primary N) is 1. The summed E-state index contributed by atoms with van der Waals surface area (Å²) in [6.45, 7) is 3.89. The van der Waals surface area contributed by atoms with Gasteiger partial charge >= 0.3 is 0 Å². The van der Waals surface area contributed by atoms with E-state index in [-0.39, 0.29) is 11.8 Å². The van der Waals surface area contributed by atoms with E-state index < -0.39 is 0 Å². The lowest BCUT2D eigenvalue weighted by Crippen LogP contribution is -2.19. The van der Waals surface area contributed by atoms with Crippen molar-refractivity contribution in [3.05, 3.63) is 29.8 Å². The van der Waals surface area contributed by atoms with Gasteiger partial charge in [-0.1, -0.05) is 26.1 Å². The zero-order valence-electron chi connectivity index (χ0n) is 9.49. The van der Waals surface area contributed by atoms with Gasteiger partial charge < -0.3 is 11.1 Å². The number of nitrogens with one attached hydrogen (secondary N) is 1. The quantitative estimate of drug-likeness (QED) is 0.789. The number of benzene rings is 1. The summed E-state index contributed by atoms with van der Waals surface area (Å²) in [6, 6.07) is 7.20. The van der Waals surface area contributed by atoms with E-state index in [1.54, 1.807) is 24.3 Å². The summed E-state index contributed by atoms with van der Waals surface area (Å²) in [4.78, 5) is 12.0. The maximum atomic E-state index is 11.6. The van der Waals surface area contributed by atoms with Gasteiger partial charge in [-0.05, 0) is 30.7 Å². The van der Waals surface area contributed by atoms with Crippen LogP contribution in [0.1, 0.15) is 25.8 Å². The SMILES string of the molecule is CCC(C)C(=O)Nc1ccc(C(N)=S)cc1. The normalized spacial score (nSPS) is 11.9. The summed E-state index contributed by atoms with van der Waals surface area (Å²) in [6.07, 6.45) is 0.830. The number of hydrogen-bond acceptors (Lipinski definition) is 2. The summed E-state index contributed by atoms with van der Waals surface area (Å²) in [7, 11) is 0. The molecular weight excluding hydrogens is 220 g/mol. The van der Waals surface area contributed by atoms with Crippen LogP contribution in [0, 0.1) is 5.92 Å². The molecule has 3 N–H and O–H groups in total. The summed E-state index contributed by atoms with van der Waals surface area (Å²) < 4.78 is 0. The molecule has 0 bridgehead atoms. The van der Waals surface area contributed by atoms with E-state index in [1.807, 2.05) is 13.8 Å². The predicted molar refractivity (Wildman–Crippen MR) is 70.4 cm³/mol. The molecule has 1 aromatic carbocycles. The molecule has 0 aliphatic rings. The highest BCUT2D eigenvalue weighted by Crippen LogP contribution is 2.12. The molecule has 0 fully saturated rings. The lowest BCUT2D eigenvalue weighted by Gasteiger charge is -2.10. The molecule has 0 aliphatic heterocycles. The number of carbonyl (C=O) groups excluding carboxylic acids is 1. The van der Waals surface area contributed by atoms with Crippen LogP contribution in [0.3, 0.4) is 0 Å². The van der Waals surface area contributed by atoms with Crippen LogP contribution >= 0.6 is 12.2 Å². The predicted octanol–water partition coefficient (Wildman–Crippen LogP) is 2.31. The third-order valence-electron chi connectivity index (χ3n) is 2.50. The number of hydrogen-bond donors (Lipinski definition) is 2. The van der Waals surface area contributed by atoms with Crippen molar-refractivity contribution < 1.29 is 4.79 Å². The molecule has 0 heterocycles. The molecule has 1 unspecified atom stereocenters. The van der Waals surface area contributed by atoms with Crippen LogP contribution in [0.5, 0.6) is 0 Å². The van der Waals surface area contributed by atoms with Gasteiger partial charge in [0.15, 0.2) is 0 Å². The van der Waals surface area contributed by atoms with Crippen molar-refractivity contribution in [3.8, 4) is 0 Å². The van der Waals surface area contributed by atoms with E-state index in [4.69, 9.17) is 18.0 Å². The molecule has 86 valence electrons. The Morgan fingerprint density at radius 2 is 2.00 bits per heavy atom. The van der Waals surface area contributed by atoms with E-state index in [9.17, 15) is 4.79 Å². The molecule has 1 atom stereocenters. The average Bonchev–Trinajstić information content (AvgIpc) is 2.28. The van der Waals surface area contributed by atoms with Crippen LogP contribution in [0.15, 0.2) is 24.3 Å². The number of anilines is 1. The molecule has 1 rings (SSSR count). The minimum absolute atomic E-state index is 0.0234. The molecule has 4 heteroatoms. The Kier molecular flexibility index (Phi) is 4.43. The molecule has 0 saturated carbocycles. The fourth-order valence-corrected chi connectivity index (χ4v) is 1.30. The van der Waals surface area contributed by atoms with E-state index in [1.165, 1.54) is 0 Å². The fraction of sp³-hybridized carbons (Fsp3) is 0.333. The van der Waals surface area contributed by atoms with Crippen LogP contribution in [0.2, 0.25) is 0 Å². The standard InChI is InChI=1S/C12H16N2OS/c1-3-8(2)12(15)14-10-6-4-9(5-7-10)11(13)16/h4-8H,3H2,1-2H3,(H2,13,16)(H,14,15). The minimum Gasteiger partial charge on any atom is -0.389 e. The molecule has 0 radical (unpaired) electrons. The van der Waals surface area contributed by atoms with Crippen LogP contribution in [-0.2, 0) is 4.79 Å². The van der Waals surface area contributed by atoms with Gasteiger partial charge in [0, 0.05) is 17.2 Å². The molecule has 1 amide bonds. The molecule has 16 heavy (non-hydrogen) atoms. The Bertz CT molecular complexity index is 387. The van der Waals surface area contributed by atoms with Crippen molar-refractivity contribution >= 4 is 28.8 Å². The van der Waals surface area contributed by atoms with Gasteiger partial charge in [-0.3, -0.25) is 4.79 Å². The van der Waals surface area contributed by atoms with Crippen molar-refractivity contribution in [2.24, 2.45) is 11.7 Å². The lowest BCUT2D eigenvalue weighted by molar-refractivity contribution is -0.119. The highest BCUT2D eigenvalue weighted by atomic mass is 32.1. The van der Waals surface area contributed by atoms with Gasteiger partial charge in [0.2, 0.25) is 5.91 Å². The average molecular weight is 236 g/mol. The van der Waals surface area contributed by atoms with Crippen LogP contribution in [-0.4, -0.2) is 10.9 Å². The minimum atomic E-state index is 0.0234. The van der Waals surface area contributed by atoms with E-state index in [0.717, 1.165) is 17.7 Å². The summed E-state index contributed by atoms with van der Waals surface area (Å²) in [5.74, 6) is 0.0563. The largest absolute Gasteiger partial charge is 0.389 e. The van der Waals surface area contributed by atoms with Crippen molar-refractivity contribution in [1.29, 1.82) is 0 Å². The first-order valence-corrected chi connectivity index (χ1v) is 5.66. The monoisotopic (exact) mass is 236 g/mol. The Labute approximate surface area is 101 Å². The summed E-state index contributed by atoms with van der Waals surface area (Å²) in [5, 5.41) is 2.84. The first-order chi connectivity index (χ1) is 7.54. The highest BCUT2D eigenvalue weighted by Gasteiger charge is 2.10. The van der Waals surface area contributed by atoms with Gasteiger partial charge in [-0.15, -0.1) is 0 Å². The van der Waals surface area contributed by atoms with E-state index in [0.29, 0.717) is 4.99 Å². The molecule has 3 nitrogen and oxygen atoms in total. The van der Waals surface area contributed by atoms with Crippen LogP contribution in [0.4, 0.5) is 5.69 Å². The number of carbonyl (C=O) groups is 1. The van der Waals surface area contributed by atoms with Gasteiger partial charge in [-0.2, -0.15) is 0 Å². The van der Waals surface area contributed by atoms with E-state index >= 15 is 0 Å². The van der Waals surface area contributed by atoms with Gasteiger partial charge in [0.1, 0.15) is 4.99 Å². The fourth-order valence-electron chi connectivity index (χ4n) is 1.17. The number of amides is 1. The van der Waals surface area contributed by atoms with Gasteiger partial charge in [0.05, 0.1) is 0 Å². The van der Waals surface area contributed by atoms with Crippen molar-refractivity contribution in [3.63, 3.8) is 0 Å². The second-order valence-electron chi connectivity index (χ2n) is 3.74. The third kappa shape index (κ3) is 3.31. The smallest absolute Gasteiger partial charge is 0.227 e. The molecule has 0 aromatic heterocycles. The van der Waals surface area contributed by atoms with Crippen molar-refractivity contribution in [2.45, 2.75) is 20.3 Å². The summed E-state index contributed by atoms with van der Waals surface area (Å²) >= 11 is 4.84. The molecule has 1 aromatic rings. The molecule has 0 spiro atoms. The molecular formula is C12H16N2OS. The highest BCUT2D eigenvalue weighted by molar-refractivity contribution is 7.80. The Hall–Kier alpha value is -1.42. The maximum absolute atomic E-state index is 11.6. The first-order valence-electron chi connectivity index (χ1n) is 5.25. The second-order valence-corrected chi connectivity index (χ2v) is 4.18. The Morgan fingerprint density at radius 3 is 2.44 bits per heavy atom. The summed E-state index contributed by atoms with van der Waals surface area (Å²) in [5.41, 5.74) is 7.05. The third-order valence-corrected chi connectivity index (χ3v) is 2.73. The van der Waals surface area contributed by atoms with Gasteiger partial charge in [-0.25, -0.2) is 0 Å². The van der Waals surface area contributed by atoms with Crippen molar-refractivity contribution in [2.75, 3.05) is 5.32 Å². The Balaban J connectivity index is 2.69. The second kappa shape index (κ2) is 5.61.